The minimum Gasteiger partial charge on any atom is -0.490 e. The van der Waals surface area contributed by atoms with Crippen molar-refractivity contribution in [3.8, 4) is 16.2 Å². The molecule has 13 heteroatoms. The molecule has 0 spiro atoms. The number of nitrogens with one attached hydrogen (secondary N) is 2. The van der Waals surface area contributed by atoms with Crippen molar-refractivity contribution in [3.05, 3.63) is 70.9 Å². The molecule has 3 aromatic rings. The molecule has 3 N–H and O–H groups in total. The third kappa shape index (κ3) is 10.1. The van der Waals surface area contributed by atoms with Crippen molar-refractivity contribution in [1.29, 1.82) is 0 Å². The third-order valence-corrected chi connectivity index (χ3v) is 10.5. The van der Waals surface area contributed by atoms with Crippen LogP contribution in [0, 0.1) is 12.3 Å². The van der Waals surface area contributed by atoms with E-state index in [1.54, 1.807) is 40.5 Å². The zero-order valence-corrected chi connectivity index (χ0v) is 32.8. The lowest BCUT2D eigenvalue weighted by molar-refractivity contribution is -0.142. The molecule has 2 fully saturated rings. The number of aromatic nitrogens is 1. The van der Waals surface area contributed by atoms with Crippen molar-refractivity contribution in [1.82, 2.24) is 25.4 Å². The summed E-state index contributed by atoms with van der Waals surface area (Å²) >= 11 is 1.58. The van der Waals surface area contributed by atoms with Crippen molar-refractivity contribution in [2.75, 3.05) is 19.6 Å². The molecule has 0 saturated carbocycles. The van der Waals surface area contributed by atoms with Gasteiger partial charge in [0.2, 0.25) is 11.8 Å². The van der Waals surface area contributed by atoms with Gasteiger partial charge in [-0.2, -0.15) is 0 Å². The van der Waals surface area contributed by atoms with Crippen LogP contribution in [0.3, 0.4) is 0 Å². The quantitative estimate of drug-likeness (QED) is 0.246. The van der Waals surface area contributed by atoms with Crippen LogP contribution in [0.1, 0.15) is 95.4 Å². The van der Waals surface area contributed by atoms with Gasteiger partial charge in [-0.15, -0.1) is 11.3 Å². The van der Waals surface area contributed by atoms with Crippen LogP contribution in [0.4, 0.5) is 4.79 Å². The summed E-state index contributed by atoms with van der Waals surface area (Å²) in [7, 11) is 0. The monoisotopic (exact) mass is 747 g/mol. The topological polar surface area (TPSA) is 150 Å². The van der Waals surface area contributed by atoms with Crippen molar-refractivity contribution >= 4 is 35.2 Å². The zero-order chi connectivity index (χ0) is 38.7. The molecule has 1 aromatic heterocycles. The molecule has 1 unspecified atom stereocenters. The fourth-order valence-corrected chi connectivity index (χ4v) is 7.43. The largest absolute Gasteiger partial charge is 0.490 e. The predicted molar refractivity (Wildman–Crippen MR) is 204 cm³/mol. The molecular formula is C40H53N5O7S. The lowest BCUT2D eigenvalue weighted by atomic mass is 9.85. The fourth-order valence-electron chi connectivity index (χ4n) is 6.62. The first-order chi connectivity index (χ1) is 24.9. The van der Waals surface area contributed by atoms with E-state index in [-0.39, 0.29) is 37.1 Å². The number of carbonyl (C=O) groups excluding carboxylic acids is 4. The van der Waals surface area contributed by atoms with Gasteiger partial charge in [0.15, 0.2) is 0 Å². The maximum Gasteiger partial charge on any atom is 0.410 e. The van der Waals surface area contributed by atoms with Gasteiger partial charge in [0.1, 0.15) is 29.5 Å². The highest BCUT2D eigenvalue weighted by Gasteiger charge is 2.45. The Morgan fingerprint density at radius 3 is 2.26 bits per heavy atom. The predicted octanol–water partition coefficient (Wildman–Crippen LogP) is 5.88. The van der Waals surface area contributed by atoms with Crippen LogP contribution in [0.2, 0.25) is 0 Å². The number of benzene rings is 2. The number of thiazole rings is 1. The molecule has 2 aliphatic heterocycles. The van der Waals surface area contributed by atoms with Crippen LogP contribution in [0.5, 0.6) is 5.75 Å². The number of aliphatic hydroxyl groups is 1. The van der Waals surface area contributed by atoms with Gasteiger partial charge in [-0.1, -0.05) is 51.1 Å². The number of likely N-dealkylation sites (tertiary alicyclic amines) is 2. The number of hydrogen-bond acceptors (Lipinski definition) is 9. The van der Waals surface area contributed by atoms with E-state index in [4.69, 9.17) is 9.47 Å². The van der Waals surface area contributed by atoms with Crippen LogP contribution in [0.25, 0.3) is 10.4 Å². The first kappa shape index (κ1) is 39.7. The second kappa shape index (κ2) is 16.3. The second-order valence-electron chi connectivity index (χ2n) is 16.1. The number of nitrogens with zero attached hydrogens (tertiary/aromatic N) is 3. The minimum absolute atomic E-state index is 0.0211. The highest BCUT2D eigenvalue weighted by atomic mass is 32.1. The molecule has 4 atom stereocenters. The number of carbonyl (C=O) groups is 4. The van der Waals surface area contributed by atoms with Crippen LogP contribution in [-0.4, -0.2) is 93.2 Å². The van der Waals surface area contributed by atoms with Crippen LogP contribution in [-0.2, 0) is 14.3 Å². The molecule has 4 amide bonds. The van der Waals surface area contributed by atoms with E-state index in [0.29, 0.717) is 37.2 Å². The molecular weight excluding hydrogens is 695 g/mol. The van der Waals surface area contributed by atoms with Gasteiger partial charge in [-0.25, -0.2) is 9.78 Å². The zero-order valence-electron chi connectivity index (χ0n) is 32.0. The smallest absolute Gasteiger partial charge is 0.410 e. The highest BCUT2D eigenvalue weighted by molar-refractivity contribution is 7.13. The van der Waals surface area contributed by atoms with Gasteiger partial charge < -0.3 is 35.0 Å². The summed E-state index contributed by atoms with van der Waals surface area (Å²) in [6, 6.07) is 12.5. The molecule has 0 radical (unpaired) electrons. The number of hydrogen-bond donors (Lipinski definition) is 3. The van der Waals surface area contributed by atoms with E-state index < -0.39 is 41.0 Å². The summed E-state index contributed by atoms with van der Waals surface area (Å²) in [5.41, 5.74) is 3.76. The summed E-state index contributed by atoms with van der Waals surface area (Å²) in [6.45, 7) is 15.9. The Hall–Kier alpha value is -4.49. The molecule has 2 aliphatic rings. The molecule has 5 rings (SSSR count). The number of ether oxygens (including phenoxy) is 2. The van der Waals surface area contributed by atoms with Gasteiger partial charge >= 0.3 is 6.09 Å². The number of amides is 4. The average Bonchev–Trinajstić information content (AvgIpc) is 3.71. The van der Waals surface area contributed by atoms with Crippen LogP contribution < -0.4 is 15.4 Å². The van der Waals surface area contributed by atoms with E-state index in [0.717, 1.165) is 21.7 Å². The van der Waals surface area contributed by atoms with Crippen molar-refractivity contribution < 1.29 is 33.8 Å². The molecule has 286 valence electrons. The van der Waals surface area contributed by atoms with Crippen molar-refractivity contribution in [2.45, 2.75) is 111 Å². The van der Waals surface area contributed by atoms with Gasteiger partial charge in [-0.3, -0.25) is 14.4 Å². The number of rotatable bonds is 9. The number of aryl methyl sites for hydroxylation is 1. The normalized spacial score (nSPS) is 19.3. The van der Waals surface area contributed by atoms with Gasteiger partial charge in [-0.05, 0) is 69.4 Å². The minimum atomic E-state index is -0.988. The summed E-state index contributed by atoms with van der Waals surface area (Å²) in [5, 5.41) is 16.6. The van der Waals surface area contributed by atoms with E-state index in [1.165, 1.54) is 4.90 Å². The summed E-state index contributed by atoms with van der Waals surface area (Å²) in [5.74, 6) is -0.766. The lowest BCUT2D eigenvalue weighted by Gasteiger charge is -2.35. The molecule has 53 heavy (non-hydrogen) atoms. The summed E-state index contributed by atoms with van der Waals surface area (Å²) < 4.78 is 11.7. The highest BCUT2D eigenvalue weighted by Crippen LogP contribution is 2.30. The Bertz CT molecular complexity index is 1770. The van der Waals surface area contributed by atoms with E-state index in [9.17, 15) is 24.3 Å². The Labute approximate surface area is 316 Å². The molecule has 0 aliphatic carbocycles. The van der Waals surface area contributed by atoms with Crippen molar-refractivity contribution in [3.63, 3.8) is 0 Å². The fraction of sp³-hybridized carbons (Fsp3) is 0.525. The average molecular weight is 748 g/mol. The van der Waals surface area contributed by atoms with Crippen LogP contribution in [0.15, 0.2) is 54.0 Å². The first-order valence-electron chi connectivity index (χ1n) is 18.2. The van der Waals surface area contributed by atoms with Crippen LogP contribution >= 0.6 is 11.3 Å². The summed E-state index contributed by atoms with van der Waals surface area (Å²) in [4.78, 5) is 62.5. The maximum atomic E-state index is 14.2. The molecule has 3 heterocycles. The standard InChI is InChI=1S/C40H53N5O7S/c1-24(26-12-14-27(15-13-26)33-25(2)41-23-53-33)42-36(48)32-21-29(46)22-45(32)37(49)34(39(3,4)5)43-35(47)28-10-9-11-31(20-28)51-30-16-18-44(19-17-30)38(50)52-40(6,7)8/h9-15,20,23-24,29-30,32,34,46H,16-19,21-22H2,1-8H3,(H,42,48)(H,43,47)/t24-,29+,32-,34?/m0/s1. The van der Waals surface area contributed by atoms with Gasteiger partial charge in [0, 0.05) is 44.5 Å². The Balaban J connectivity index is 1.21. The second-order valence-corrected chi connectivity index (χ2v) is 17.0. The molecule has 0 bridgehead atoms. The Kier molecular flexibility index (Phi) is 12.2. The Morgan fingerprint density at radius 2 is 1.66 bits per heavy atom. The van der Waals surface area contributed by atoms with Gasteiger partial charge in [0.25, 0.3) is 5.91 Å². The first-order valence-corrected chi connectivity index (χ1v) is 19.1. The van der Waals surface area contributed by atoms with E-state index in [1.807, 2.05) is 85.2 Å². The molecule has 12 nitrogen and oxygen atoms in total. The van der Waals surface area contributed by atoms with E-state index >= 15 is 0 Å². The number of aliphatic hydroxyl groups excluding tert-OH is 1. The number of piperidine rings is 1. The molecule has 2 aromatic carbocycles. The van der Waals surface area contributed by atoms with Crippen molar-refractivity contribution in [2.24, 2.45) is 5.41 Å². The Morgan fingerprint density at radius 1 is 0.981 bits per heavy atom. The number of β-amino-alcohol motifs (C(OH)–C–C–N with tert-alkyl or cyclic N) is 1. The van der Waals surface area contributed by atoms with E-state index in [2.05, 4.69) is 15.6 Å². The molecule has 2 saturated heterocycles. The third-order valence-electron chi connectivity index (χ3n) is 9.52. The summed E-state index contributed by atoms with van der Waals surface area (Å²) in [6.07, 6.45) is -0.0412. The maximum absolute atomic E-state index is 14.2. The lowest BCUT2D eigenvalue weighted by Crippen LogP contribution is -2.57. The SMILES string of the molecule is Cc1ncsc1-c1ccc([C@H](C)NC(=O)[C@@H]2C[C@@H](O)CN2C(=O)C(NC(=O)c2cccc(OC3CCN(C(=O)OC(C)(C)C)CC3)c2)C(C)(C)C)cc1. The van der Waals surface area contributed by atoms with Gasteiger partial charge in [0.05, 0.1) is 28.2 Å².